The molecule has 0 bridgehead atoms. The van der Waals surface area contributed by atoms with Gasteiger partial charge in [0.2, 0.25) is 0 Å². The first kappa shape index (κ1) is 24.4. The van der Waals surface area contributed by atoms with Gasteiger partial charge in [-0.1, -0.05) is 29.7 Å². The summed E-state index contributed by atoms with van der Waals surface area (Å²) in [5.41, 5.74) is 9.09. The normalized spacial score (nSPS) is 18.9. The maximum absolute atomic E-state index is 10.7. The van der Waals surface area contributed by atoms with Crippen LogP contribution in [0.15, 0.2) is 53.6 Å². The Bertz CT molecular complexity index is 1090. The van der Waals surface area contributed by atoms with Crippen molar-refractivity contribution in [2.24, 2.45) is 5.41 Å². The van der Waals surface area contributed by atoms with Gasteiger partial charge in [-0.2, -0.15) is 0 Å². The van der Waals surface area contributed by atoms with Crippen molar-refractivity contribution < 1.29 is 9.84 Å². The number of anilines is 2. The van der Waals surface area contributed by atoms with Crippen LogP contribution in [-0.4, -0.2) is 18.3 Å². The van der Waals surface area contributed by atoms with Crippen molar-refractivity contribution in [3.8, 4) is 11.5 Å². The molecule has 0 unspecified atom stereocenters. The van der Waals surface area contributed by atoms with Crippen molar-refractivity contribution in [2.45, 2.75) is 85.6 Å². The van der Waals surface area contributed by atoms with E-state index in [-0.39, 0.29) is 5.41 Å². The molecule has 1 spiro atoms. The smallest absolute Gasteiger partial charge is 0.119 e. The molecule has 1 fully saturated rings. The minimum absolute atomic E-state index is 0.262. The number of hydrogen-bond acceptors (Lipinski definition) is 3. The highest BCUT2D eigenvalue weighted by atomic mass is 16.5. The van der Waals surface area contributed by atoms with Crippen molar-refractivity contribution in [3.05, 3.63) is 70.3 Å². The quantitative estimate of drug-likeness (QED) is 0.422. The highest BCUT2D eigenvalue weighted by molar-refractivity contribution is 5.76. The largest absolute Gasteiger partial charge is 0.508 e. The van der Waals surface area contributed by atoms with Crippen molar-refractivity contribution in [1.82, 2.24) is 0 Å². The molecule has 2 aliphatic rings. The first-order valence-electron chi connectivity index (χ1n) is 12.8. The Morgan fingerprint density at radius 1 is 1.09 bits per heavy atom. The fourth-order valence-corrected chi connectivity index (χ4v) is 5.90. The SMILES string of the molecule is COc1ccc(N2c3c(cc(O)c(C)c3C)CC3(CCC3)[C@H]2CC=C(C)CCC=C(C)C)cc1. The van der Waals surface area contributed by atoms with Gasteiger partial charge >= 0.3 is 0 Å². The average Bonchev–Trinajstić information content (AvgIpc) is 2.79. The fourth-order valence-electron chi connectivity index (χ4n) is 5.90. The standard InChI is InChI=1S/C31H41NO2/c1-21(2)9-7-10-22(3)11-16-29-31(17-8-18-31)20-25-19-28(33)23(4)24(5)30(25)32(29)26-12-14-27(34-6)15-13-26/h9,11-15,19,29,33H,7-8,10,16-18,20H2,1-6H3/t29-/m1/s1. The molecule has 2 aromatic carbocycles. The molecule has 1 atom stereocenters. The van der Waals surface area contributed by atoms with Gasteiger partial charge in [0.05, 0.1) is 7.11 Å². The zero-order valence-corrected chi connectivity index (χ0v) is 21.9. The third-order valence-corrected chi connectivity index (χ3v) is 8.20. The van der Waals surface area contributed by atoms with Crippen molar-refractivity contribution >= 4 is 11.4 Å². The van der Waals surface area contributed by atoms with E-state index in [0.717, 1.165) is 37.0 Å². The second kappa shape index (κ2) is 9.90. The summed E-state index contributed by atoms with van der Waals surface area (Å²) in [7, 11) is 1.72. The summed E-state index contributed by atoms with van der Waals surface area (Å²) in [5, 5.41) is 10.7. The van der Waals surface area contributed by atoms with E-state index in [1.54, 1.807) is 7.11 Å². The summed E-state index contributed by atoms with van der Waals surface area (Å²) < 4.78 is 5.45. The van der Waals surface area contributed by atoms with E-state index in [2.05, 4.69) is 69.0 Å². The molecular weight excluding hydrogens is 418 g/mol. The summed E-state index contributed by atoms with van der Waals surface area (Å²) in [6, 6.07) is 11.0. The van der Waals surface area contributed by atoms with E-state index in [1.807, 2.05) is 13.0 Å². The van der Waals surface area contributed by atoms with E-state index in [0.29, 0.717) is 11.8 Å². The van der Waals surface area contributed by atoms with Gasteiger partial charge in [-0.25, -0.2) is 0 Å². The Balaban J connectivity index is 1.78. The Kier molecular flexibility index (Phi) is 7.12. The minimum Gasteiger partial charge on any atom is -0.508 e. The second-order valence-corrected chi connectivity index (χ2v) is 10.7. The van der Waals surface area contributed by atoms with Crippen LogP contribution in [0.5, 0.6) is 11.5 Å². The molecule has 1 heterocycles. The number of methoxy groups -OCH3 is 1. The lowest BCUT2D eigenvalue weighted by molar-refractivity contribution is 0.0877. The number of nitrogens with zero attached hydrogens (tertiary/aromatic N) is 1. The maximum Gasteiger partial charge on any atom is 0.119 e. The third-order valence-electron chi connectivity index (χ3n) is 8.20. The molecule has 0 radical (unpaired) electrons. The molecule has 1 N–H and O–H groups in total. The molecule has 0 aromatic heterocycles. The Morgan fingerprint density at radius 3 is 2.38 bits per heavy atom. The number of phenols is 1. The van der Waals surface area contributed by atoms with Crippen molar-refractivity contribution in [3.63, 3.8) is 0 Å². The molecule has 0 saturated heterocycles. The van der Waals surface area contributed by atoms with Gasteiger partial charge in [0.1, 0.15) is 11.5 Å². The zero-order valence-electron chi connectivity index (χ0n) is 21.9. The monoisotopic (exact) mass is 459 g/mol. The predicted octanol–water partition coefficient (Wildman–Crippen LogP) is 8.33. The first-order chi connectivity index (χ1) is 16.3. The number of fused-ring (bicyclic) bond motifs is 1. The van der Waals surface area contributed by atoms with Crippen LogP contribution in [0.2, 0.25) is 0 Å². The van der Waals surface area contributed by atoms with Gasteiger partial charge in [0.15, 0.2) is 0 Å². The van der Waals surface area contributed by atoms with Gasteiger partial charge < -0.3 is 14.7 Å². The van der Waals surface area contributed by atoms with E-state index >= 15 is 0 Å². The second-order valence-electron chi connectivity index (χ2n) is 10.7. The molecular formula is C31H41NO2. The van der Waals surface area contributed by atoms with Crippen LogP contribution in [0.3, 0.4) is 0 Å². The lowest BCUT2D eigenvalue weighted by atomic mass is 9.57. The van der Waals surface area contributed by atoms with Crippen LogP contribution < -0.4 is 9.64 Å². The fraction of sp³-hybridized carbons (Fsp3) is 0.484. The third kappa shape index (κ3) is 4.62. The number of ether oxygens (including phenoxy) is 1. The molecule has 0 amide bonds. The van der Waals surface area contributed by atoms with Gasteiger partial charge in [-0.05, 0) is 126 Å². The number of rotatable bonds is 7. The van der Waals surface area contributed by atoms with Crippen LogP contribution in [0.25, 0.3) is 0 Å². The predicted molar refractivity (Wildman–Crippen MR) is 144 cm³/mol. The molecule has 1 aliphatic heterocycles. The Hall–Kier alpha value is -2.68. The number of aromatic hydroxyl groups is 1. The molecule has 1 saturated carbocycles. The zero-order chi connectivity index (χ0) is 24.5. The highest BCUT2D eigenvalue weighted by Crippen LogP contribution is 2.57. The Morgan fingerprint density at radius 2 is 1.79 bits per heavy atom. The summed E-state index contributed by atoms with van der Waals surface area (Å²) >= 11 is 0. The number of phenolic OH excluding ortho intramolecular Hbond substituents is 1. The minimum atomic E-state index is 0.262. The topological polar surface area (TPSA) is 32.7 Å². The summed E-state index contributed by atoms with van der Waals surface area (Å²) in [6.45, 7) is 10.8. The van der Waals surface area contributed by atoms with Crippen LogP contribution in [-0.2, 0) is 6.42 Å². The van der Waals surface area contributed by atoms with E-state index in [1.165, 1.54) is 52.9 Å². The first-order valence-corrected chi connectivity index (χ1v) is 12.8. The highest BCUT2D eigenvalue weighted by Gasteiger charge is 2.50. The van der Waals surface area contributed by atoms with Gasteiger partial charge in [0.25, 0.3) is 0 Å². The van der Waals surface area contributed by atoms with Crippen LogP contribution in [0.4, 0.5) is 11.4 Å². The number of hydrogen-bond donors (Lipinski definition) is 1. The van der Waals surface area contributed by atoms with E-state index in [4.69, 9.17) is 4.74 Å². The lowest BCUT2D eigenvalue weighted by Crippen LogP contribution is -2.54. The summed E-state index contributed by atoms with van der Waals surface area (Å²) in [5.74, 6) is 1.30. The Labute approximate surface area is 206 Å². The molecule has 2 aromatic rings. The summed E-state index contributed by atoms with van der Waals surface area (Å²) in [4.78, 5) is 2.60. The van der Waals surface area contributed by atoms with Crippen molar-refractivity contribution in [1.29, 1.82) is 0 Å². The number of allylic oxidation sites excluding steroid dienone is 3. The van der Waals surface area contributed by atoms with Crippen LogP contribution in [0, 0.1) is 19.3 Å². The molecule has 34 heavy (non-hydrogen) atoms. The lowest BCUT2D eigenvalue weighted by Gasteiger charge is -2.56. The van der Waals surface area contributed by atoms with Gasteiger partial charge in [-0.3, -0.25) is 0 Å². The van der Waals surface area contributed by atoms with Crippen LogP contribution in [0.1, 0.15) is 76.0 Å². The van der Waals surface area contributed by atoms with E-state index in [9.17, 15) is 5.11 Å². The average molecular weight is 460 g/mol. The maximum atomic E-state index is 10.7. The molecule has 182 valence electrons. The molecule has 3 heteroatoms. The number of benzene rings is 2. The van der Waals surface area contributed by atoms with E-state index < -0.39 is 0 Å². The molecule has 4 rings (SSSR count). The van der Waals surface area contributed by atoms with Crippen molar-refractivity contribution in [2.75, 3.05) is 12.0 Å². The van der Waals surface area contributed by atoms with Gasteiger partial charge in [-0.15, -0.1) is 0 Å². The van der Waals surface area contributed by atoms with Gasteiger partial charge in [0, 0.05) is 17.4 Å². The molecule has 3 nitrogen and oxygen atoms in total. The molecule has 1 aliphatic carbocycles. The summed E-state index contributed by atoms with van der Waals surface area (Å²) in [6.07, 6.45) is 13.0. The van der Waals surface area contributed by atoms with Crippen LogP contribution >= 0.6 is 0 Å².